The van der Waals surface area contributed by atoms with Gasteiger partial charge in [-0.3, -0.25) is 9.59 Å². The maximum Gasteiger partial charge on any atom is 0.244 e. The molecule has 0 saturated heterocycles. The van der Waals surface area contributed by atoms with E-state index >= 15 is 0 Å². The predicted octanol–water partition coefficient (Wildman–Crippen LogP) is 3.78. The van der Waals surface area contributed by atoms with Crippen LogP contribution in [0.5, 0.6) is 0 Å². The Balaban J connectivity index is 2.16. The van der Waals surface area contributed by atoms with Crippen LogP contribution in [-0.2, 0) is 9.59 Å². The minimum absolute atomic E-state index is 0.172. The molecule has 0 atom stereocenters. The van der Waals surface area contributed by atoms with Gasteiger partial charge >= 0.3 is 0 Å². The second-order valence-electron chi connectivity index (χ2n) is 5.09. The number of anilines is 2. The molecule has 0 radical (unpaired) electrons. The Kier molecular flexibility index (Phi) is 5.34. The Hall–Kier alpha value is -2.40. The number of hydrogen-bond acceptors (Lipinski definition) is 2. The number of hydrogen-bond donors (Lipinski definition) is 1. The number of aryl methyl sites for hydroxylation is 1. The van der Waals surface area contributed by atoms with E-state index in [0.717, 1.165) is 5.56 Å². The normalized spacial score (nSPS) is 10.3. The lowest BCUT2D eigenvalue weighted by Gasteiger charge is -2.22. The first kappa shape index (κ1) is 17.0. The fourth-order valence-electron chi connectivity index (χ4n) is 2.20. The summed E-state index contributed by atoms with van der Waals surface area (Å²) in [6.07, 6.45) is 0. The van der Waals surface area contributed by atoms with Crippen LogP contribution in [0, 0.1) is 12.7 Å². The SMILES string of the molecule is CC(=O)N(CC(=O)Nc1cccc(F)c1)c1ccc(Cl)cc1C. The van der Waals surface area contributed by atoms with Gasteiger partial charge in [0.2, 0.25) is 11.8 Å². The average molecular weight is 335 g/mol. The number of carbonyl (C=O) groups is 2. The van der Waals surface area contributed by atoms with Crippen molar-refractivity contribution in [2.45, 2.75) is 13.8 Å². The van der Waals surface area contributed by atoms with E-state index in [9.17, 15) is 14.0 Å². The molecule has 2 amide bonds. The van der Waals surface area contributed by atoms with Crippen molar-refractivity contribution in [1.29, 1.82) is 0 Å². The topological polar surface area (TPSA) is 49.4 Å². The first-order chi connectivity index (χ1) is 10.9. The lowest BCUT2D eigenvalue weighted by molar-refractivity contribution is -0.120. The second-order valence-corrected chi connectivity index (χ2v) is 5.53. The van der Waals surface area contributed by atoms with Crippen LogP contribution in [-0.4, -0.2) is 18.4 Å². The first-order valence-corrected chi connectivity index (χ1v) is 7.34. The molecule has 0 saturated carbocycles. The van der Waals surface area contributed by atoms with Crippen LogP contribution in [0.2, 0.25) is 5.02 Å². The van der Waals surface area contributed by atoms with Crippen molar-refractivity contribution in [2.75, 3.05) is 16.8 Å². The summed E-state index contributed by atoms with van der Waals surface area (Å²) in [5.41, 5.74) is 1.73. The second kappa shape index (κ2) is 7.24. The van der Waals surface area contributed by atoms with E-state index in [1.54, 1.807) is 24.3 Å². The monoisotopic (exact) mass is 334 g/mol. The highest BCUT2D eigenvalue weighted by Gasteiger charge is 2.18. The van der Waals surface area contributed by atoms with Gasteiger partial charge in [-0.15, -0.1) is 0 Å². The van der Waals surface area contributed by atoms with Crippen molar-refractivity contribution in [3.63, 3.8) is 0 Å². The molecule has 0 bridgehead atoms. The summed E-state index contributed by atoms with van der Waals surface area (Å²) in [5.74, 6) is -1.13. The van der Waals surface area contributed by atoms with E-state index < -0.39 is 11.7 Å². The summed E-state index contributed by atoms with van der Waals surface area (Å²) in [6.45, 7) is 3.01. The molecule has 0 spiro atoms. The number of halogens is 2. The molecule has 0 aliphatic heterocycles. The van der Waals surface area contributed by atoms with Gasteiger partial charge in [0.15, 0.2) is 0 Å². The summed E-state index contributed by atoms with van der Waals surface area (Å²) in [7, 11) is 0. The van der Waals surface area contributed by atoms with Gasteiger partial charge in [0.05, 0.1) is 0 Å². The molecule has 2 aromatic carbocycles. The Bertz CT molecular complexity index is 749. The largest absolute Gasteiger partial charge is 0.324 e. The molecule has 0 fully saturated rings. The third-order valence-corrected chi connectivity index (χ3v) is 3.47. The third-order valence-electron chi connectivity index (χ3n) is 3.24. The van der Waals surface area contributed by atoms with Crippen molar-refractivity contribution in [3.8, 4) is 0 Å². The number of benzene rings is 2. The van der Waals surface area contributed by atoms with Crippen LogP contribution in [0.25, 0.3) is 0 Å². The predicted molar refractivity (Wildman–Crippen MR) is 89.2 cm³/mol. The van der Waals surface area contributed by atoms with Gasteiger partial charge in [-0.1, -0.05) is 17.7 Å². The molecular formula is C17H16ClFN2O2. The molecule has 0 aromatic heterocycles. The van der Waals surface area contributed by atoms with Crippen molar-refractivity contribution < 1.29 is 14.0 Å². The van der Waals surface area contributed by atoms with Crippen molar-refractivity contribution in [1.82, 2.24) is 0 Å². The zero-order valence-corrected chi connectivity index (χ0v) is 13.5. The molecule has 1 N–H and O–H groups in total. The van der Waals surface area contributed by atoms with E-state index in [0.29, 0.717) is 16.4 Å². The molecule has 120 valence electrons. The van der Waals surface area contributed by atoms with Gasteiger partial charge in [-0.05, 0) is 48.9 Å². The Morgan fingerprint density at radius 2 is 1.96 bits per heavy atom. The molecule has 2 aromatic rings. The van der Waals surface area contributed by atoms with Gasteiger partial charge in [0, 0.05) is 23.3 Å². The highest BCUT2D eigenvalue weighted by molar-refractivity contribution is 6.30. The van der Waals surface area contributed by atoms with E-state index in [1.807, 2.05) is 6.92 Å². The first-order valence-electron chi connectivity index (χ1n) is 6.96. The van der Waals surface area contributed by atoms with Crippen molar-refractivity contribution in [2.24, 2.45) is 0 Å². The maximum atomic E-state index is 13.1. The quantitative estimate of drug-likeness (QED) is 0.925. The molecule has 6 heteroatoms. The van der Waals surface area contributed by atoms with Gasteiger partial charge in [0.25, 0.3) is 0 Å². The molecule has 4 nitrogen and oxygen atoms in total. The Morgan fingerprint density at radius 3 is 2.57 bits per heavy atom. The molecular weight excluding hydrogens is 319 g/mol. The van der Waals surface area contributed by atoms with Gasteiger partial charge in [0.1, 0.15) is 12.4 Å². The molecule has 0 aliphatic carbocycles. The van der Waals surface area contributed by atoms with Gasteiger partial charge in [-0.2, -0.15) is 0 Å². The summed E-state index contributed by atoms with van der Waals surface area (Å²) >= 11 is 5.91. The highest BCUT2D eigenvalue weighted by Crippen LogP contribution is 2.24. The van der Waals surface area contributed by atoms with Crippen LogP contribution in [0.15, 0.2) is 42.5 Å². The van der Waals surface area contributed by atoms with E-state index in [-0.39, 0.29) is 12.5 Å². The van der Waals surface area contributed by atoms with Crippen molar-refractivity contribution in [3.05, 3.63) is 58.9 Å². The smallest absolute Gasteiger partial charge is 0.244 e. The van der Waals surface area contributed by atoms with E-state index in [4.69, 9.17) is 11.6 Å². The van der Waals surface area contributed by atoms with Crippen LogP contribution >= 0.6 is 11.6 Å². The lowest BCUT2D eigenvalue weighted by Crippen LogP contribution is -2.37. The number of nitrogens with zero attached hydrogens (tertiary/aromatic N) is 1. The lowest BCUT2D eigenvalue weighted by atomic mass is 10.1. The van der Waals surface area contributed by atoms with Gasteiger partial charge < -0.3 is 10.2 Å². The van der Waals surface area contributed by atoms with Crippen LogP contribution in [0.4, 0.5) is 15.8 Å². The summed E-state index contributed by atoms with van der Waals surface area (Å²) in [4.78, 5) is 25.4. The van der Waals surface area contributed by atoms with Gasteiger partial charge in [-0.25, -0.2) is 4.39 Å². The van der Waals surface area contributed by atoms with Crippen LogP contribution < -0.4 is 10.2 Å². The number of amides is 2. The standard InChI is InChI=1S/C17H16ClFN2O2/c1-11-8-13(18)6-7-16(11)21(12(2)22)10-17(23)20-15-5-3-4-14(19)9-15/h3-9H,10H2,1-2H3,(H,20,23). The summed E-state index contributed by atoms with van der Waals surface area (Å²) in [5, 5.41) is 3.12. The molecule has 0 heterocycles. The fraction of sp³-hybridized carbons (Fsp3) is 0.176. The zero-order chi connectivity index (χ0) is 17.0. The maximum absolute atomic E-state index is 13.1. The molecule has 0 unspecified atom stereocenters. The number of nitrogens with one attached hydrogen (secondary N) is 1. The Morgan fingerprint density at radius 1 is 1.22 bits per heavy atom. The highest BCUT2D eigenvalue weighted by atomic mass is 35.5. The zero-order valence-electron chi connectivity index (χ0n) is 12.8. The fourth-order valence-corrected chi connectivity index (χ4v) is 2.42. The van der Waals surface area contributed by atoms with Crippen molar-refractivity contribution >= 4 is 34.8 Å². The van der Waals surface area contributed by atoms with Crippen LogP contribution in [0.1, 0.15) is 12.5 Å². The molecule has 2 rings (SSSR count). The minimum atomic E-state index is -0.445. The average Bonchev–Trinajstić information content (AvgIpc) is 2.45. The third kappa shape index (κ3) is 4.53. The molecule has 0 aliphatic rings. The number of carbonyl (C=O) groups excluding carboxylic acids is 2. The van der Waals surface area contributed by atoms with E-state index in [2.05, 4.69) is 5.32 Å². The molecule has 23 heavy (non-hydrogen) atoms. The van der Waals surface area contributed by atoms with E-state index in [1.165, 1.54) is 30.0 Å². The Labute approximate surface area is 138 Å². The summed E-state index contributed by atoms with van der Waals surface area (Å²) < 4.78 is 13.1. The summed E-state index contributed by atoms with van der Waals surface area (Å²) in [6, 6.07) is 10.6. The minimum Gasteiger partial charge on any atom is -0.324 e. The van der Waals surface area contributed by atoms with Crippen LogP contribution in [0.3, 0.4) is 0 Å². The number of rotatable bonds is 4.